The monoisotopic (exact) mass is 287 g/mol. The minimum atomic E-state index is -0.0605. The van der Waals surface area contributed by atoms with Crippen molar-refractivity contribution >= 4 is 11.6 Å². The van der Waals surface area contributed by atoms with Crippen molar-refractivity contribution in [2.75, 3.05) is 18.5 Å². The van der Waals surface area contributed by atoms with Crippen molar-refractivity contribution in [1.29, 1.82) is 0 Å². The molecule has 1 N–H and O–H groups in total. The zero-order valence-corrected chi connectivity index (χ0v) is 11.8. The summed E-state index contributed by atoms with van der Waals surface area (Å²) in [5.41, 5.74) is 0.705. The molecule has 0 aliphatic carbocycles. The highest BCUT2D eigenvalue weighted by Gasteiger charge is 2.14. The summed E-state index contributed by atoms with van der Waals surface area (Å²) in [6, 6.07) is 7.25. The third-order valence-electron chi connectivity index (χ3n) is 3.28. The molecule has 3 rings (SSSR count). The van der Waals surface area contributed by atoms with Crippen molar-refractivity contribution in [1.82, 2.24) is 9.78 Å². The molecule has 6 nitrogen and oxygen atoms in total. The zero-order chi connectivity index (χ0) is 14.7. The number of nitrogens with one attached hydrogen (secondary N) is 1. The molecular weight excluding hydrogens is 270 g/mol. The molecule has 0 saturated heterocycles. The van der Waals surface area contributed by atoms with E-state index in [1.54, 1.807) is 23.0 Å². The molecule has 1 amide bonds. The first kappa shape index (κ1) is 13.5. The van der Waals surface area contributed by atoms with E-state index in [0.717, 1.165) is 0 Å². The Hall–Kier alpha value is -2.50. The Morgan fingerprint density at radius 2 is 2.19 bits per heavy atom. The minimum Gasteiger partial charge on any atom is -0.486 e. The lowest BCUT2D eigenvalue weighted by Crippen LogP contribution is -2.19. The van der Waals surface area contributed by atoms with Gasteiger partial charge in [-0.1, -0.05) is 0 Å². The summed E-state index contributed by atoms with van der Waals surface area (Å²) < 4.78 is 12.7. The number of hydrogen-bond acceptors (Lipinski definition) is 4. The topological polar surface area (TPSA) is 65.4 Å². The highest BCUT2D eigenvalue weighted by atomic mass is 16.6. The number of nitrogens with zero attached hydrogens (tertiary/aromatic N) is 2. The molecule has 6 heteroatoms. The summed E-state index contributed by atoms with van der Waals surface area (Å²) in [7, 11) is 0. The molecule has 0 bridgehead atoms. The van der Waals surface area contributed by atoms with Gasteiger partial charge in [0.2, 0.25) is 5.91 Å². The maximum atomic E-state index is 12.1. The van der Waals surface area contributed by atoms with E-state index in [4.69, 9.17) is 9.47 Å². The van der Waals surface area contributed by atoms with E-state index in [-0.39, 0.29) is 11.9 Å². The number of aromatic nitrogens is 2. The van der Waals surface area contributed by atoms with Crippen LogP contribution >= 0.6 is 0 Å². The fraction of sp³-hybridized carbons (Fsp3) is 0.333. The van der Waals surface area contributed by atoms with Crippen LogP contribution in [0.1, 0.15) is 19.4 Å². The quantitative estimate of drug-likeness (QED) is 0.936. The normalized spacial score (nSPS) is 14.5. The molecule has 0 saturated carbocycles. The number of carbonyl (C=O) groups excluding carboxylic acids is 1. The summed E-state index contributed by atoms with van der Waals surface area (Å²) >= 11 is 0. The predicted molar refractivity (Wildman–Crippen MR) is 77.6 cm³/mol. The maximum Gasteiger partial charge on any atom is 0.226 e. The summed E-state index contributed by atoms with van der Waals surface area (Å²) in [6.45, 7) is 3.04. The number of amides is 1. The van der Waals surface area contributed by atoms with E-state index < -0.39 is 0 Å². The molecule has 1 atom stereocenters. The summed E-state index contributed by atoms with van der Waals surface area (Å²) in [4.78, 5) is 12.1. The van der Waals surface area contributed by atoms with Crippen molar-refractivity contribution in [3.63, 3.8) is 0 Å². The van der Waals surface area contributed by atoms with Crippen LogP contribution < -0.4 is 14.8 Å². The molecule has 0 fully saturated rings. The first-order valence-corrected chi connectivity index (χ1v) is 6.91. The Labute approximate surface area is 122 Å². The lowest BCUT2D eigenvalue weighted by atomic mass is 10.2. The van der Waals surface area contributed by atoms with E-state index in [1.165, 1.54) is 0 Å². The van der Waals surface area contributed by atoms with E-state index in [0.29, 0.717) is 36.8 Å². The lowest BCUT2D eigenvalue weighted by Gasteiger charge is -2.19. The summed E-state index contributed by atoms with van der Waals surface area (Å²) in [5.74, 6) is 1.32. The molecule has 2 aromatic rings. The average Bonchev–Trinajstić information content (AvgIpc) is 3.01. The number of anilines is 1. The Bertz CT molecular complexity index is 625. The van der Waals surface area contributed by atoms with Gasteiger partial charge in [0.15, 0.2) is 11.5 Å². The summed E-state index contributed by atoms with van der Waals surface area (Å²) in [5, 5.41) is 7.00. The molecule has 0 spiro atoms. The fourth-order valence-corrected chi connectivity index (χ4v) is 2.24. The lowest BCUT2D eigenvalue weighted by molar-refractivity contribution is -0.116. The van der Waals surface area contributed by atoms with Gasteiger partial charge in [-0.05, 0) is 25.1 Å². The molecule has 0 unspecified atom stereocenters. The van der Waals surface area contributed by atoms with E-state index >= 15 is 0 Å². The van der Waals surface area contributed by atoms with Crippen LogP contribution in [0.15, 0.2) is 36.7 Å². The number of hydrogen-bond donors (Lipinski definition) is 1. The molecule has 21 heavy (non-hydrogen) atoms. The molecule has 0 radical (unpaired) electrons. The smallest absolute Gasteiger partial charge is 0.226 e. The number of ether oxygens (including phenoxy) is 2. The third-order valence-corrected chi connectivity index (χ3v) is 3.28. The fourth-order valence-electron chi connectivity index (χ4n) is 2.24. The van der Waals surface area contributed by atoms with Crippen LogP contribution in [0.5, 0.6) is 11.5 Å². The summed E-state index contributed by atoms with van der Waals surface area (Å²) in [6.07, 6.45) is 3.91. The molecule has 1 aliphatic heterocycles. The highest BCUT2D eigenvalue weighted by Crippen LogP contribution is 2.32. The Morgan fingerprint density at radius 1 is 1.38 bits per heavy atom. The highest BCUT2D eigenvalue weighted by molar-refractivity contribution is 5.91. The van der Waals surface area contributed by atoms with E-state index in [1.807, 2.05) is 25.3 Å². The SMILES string of the molecule is C[C@H](CC(=O)Nc1ccc2c(c1)OCCO2)n1cccn1. The first-order chi connectivity index (χ1) is 10.2. The van der Waals surface area contributed by atoms with Crippen molar-refractivity contribution in [3.05, 3.63) is 36.7 Å². The molecule has 1 aromatic carbocycles. The van der Waals surface area contributed by atoms with Crippen LogP contribution in [-0.4, -0.2) is 28.9 Å². The van der Waals surface area contributed by atoms with Crippen LogP contribution in [0.2, 0.25) is 0 Å². The van der Waals surface area contributed by atoms with Crippen LogP contribution in [0.25, 0.3) is 0 Å². The Balaban J connectivity index is 1.62. The van der Waals surface area contributed by atoms with Crippen molar-refractivity contribution in [2.45, 2.75) is 19.4 Å². The molecule has 110 valence electrons. The van der Waals surface area contributed by atoms with Gasteiger partial charge in [0.25, 0.3) is 0 Å². The second-order valence-electron chi connectivity index (χ2n) is 4.95. The van der Waals surface area contributed by atoms with Crippen molar-refractivity contribution in [2.24, 2.45) is 0 Å². The number of fused-ring (bicyclic) bond motifs is 1. The van der Waals surface area contributed by atoms with Crippen LogP contribution in [0.4, 0.5) is 5.69 Å². The van der Waals surface area contributed by atoms with E-state index in [9.17, 15) is 4.79 Å². The third kappa shape index (κ3) is 3.16. The van der Waals surface area contributed by atoms with Gasteiger partial charge in [-0.15, -0.1) is 0 Å². The number of carbonyl (C=O) groups is 1. The Kier molecular flexibility index (Phi) is 3.77. The Morgan fingerprint density at radius 3 is 2.95 bits per heavy atom. The average molecular weight is 287 g/mol. The van der Waals surface area contributed by atoms with Gasteiger partial charge in [-0.3, -0.25) is 9.48 Å². The maximum absolute atomic E-state index is 12.1. The first-order valence-electron chi connectivity index (χ1n) is 6.91. The minimum absolute atomic E-state index is 0.0113. The number of rotatable bonds is 4. The van der Waals surface area contributed by atoms with Gasteiger partial charge in [-0.2, -0.15) is 5.10 Å². The van der Waals surface area contributed by atoms with Gasteiger partial charge >= 0.3 is 0 Å². The van der Waals surface area contributed by atoms with Crippen molar-refractivity contribution in [3.8, 4) is 11.5 Å². The van der Waals surface area contributed by atoms with Gasteiger partial charge in [0.1, 0.15) is 13.2 Å². The van der Waals surface area contributed by atoms with Crippen LogP contribution in [-0.2, 0) is 4.79 Å². The zero-order valence-electron chi connectivity index (χ0n) is 11.8. The standard InChI is InChI=1S/C15H17N3O3/c1-11(18-6-2-5-16-18)9-15(19)17-12-3-4-13-14(10-12)21-8-7-20-13/h2-6,10-11H,7-9H2,1H3,(H,17,19)/t11-/m1/s1. The second-order valence-corrected chi connectivity index (χ2v) is 4.95. The van der Waals surface area contributed by atoms with Gasteiger partial charge in [0.05, 0.1) is 6.04 Å². The molecule has 1 aromatic heterocycles. The predicted octanol–water partition coefficient (Wildman–Crippen LogP) is 2.24. The van der Waals surface area contributed by atoms with Crippen molar-refractivity contribution < 1.29 is 14.3 Å². The number of benzene rings is 1. The largest absolute Gasteiger partial charge is 0.486 e. The molecule has 2 heterocycles. The van der Waals surface area contributed by atoms with Gasteiger partial charge < -0.3 is 14.8 Å². The van der Waals surface area contributed by atoms with Crippen LogP contribution in [0.3, 0.4) is 0 Å². The van der Waals surface area contributed by atoms with Crippen LogP contribution in [0, 0.1) is 0 Å². The van der Waals surface area contributed by atoms with Gasteiger partial charge in [0, 0.05) is 30.6 Å². The molecular formula is C15H17N3O3. The van der Waals surface area contributed by atoms with E-state index in [2.05, 4.69) is 10.4 Å². The second kappa shape index (κ2) is 5.87. The molecule has 1 aliphatic rings. The van der Waals surface area contributed by atoms with Gasteiger partial charge in [-0.25, -0.2) is 0 Å².